The first-order chi connectivity index (χ1) is 8.69. The van der Waals surface area contributed by atoms with Gasteiger partial charge in [0.15, 0.2) is 0 Å². The average Bonchev–Trinajstić information content (AvgIpc) is 3.17. The quantitative estimate of drug-likeness (QED) is 0.639. The molecule has 4 N–H and O–H groups in total. The molecule has 1 atom stereocenters. The van der Waals surface area contributed by atoms with Crippen LogP contribution >= 0.6 is 0 Å². The van der Waals surface area contributed by atoms with Crippen LogP contribution in [0, 0.1) is 5.92 Å². The van der Waals surface area contributed by atoms with E-state index in [9.17, 15) is 4.79 Å². The van der Waals surface area contributed by atoms with Crippen molar-refractivity contribution in [1.82, 2.24) is 9.97 Å². The normalized spacial score (nSPS) is 16.6. The lowest BCUT2D eigenvalue weighted by Crippen LogP contribution is -2.15. The summed E-state index contributed by atoms with van der Waals surface area (Å²) in [6, 6.07) is 1.53. The fraction of sp³-hybridized carbons (Fsp3) is 0.692. The highest BCUT2D eigenvalue weighted by Crippen LogP contribution is 2.37. The van der Waals surface area contributed by atoms with Crippen LogP contribution in [-0.4, -0.2) is 23.1 Å². The molecule has 0 spiro atoms. The van der Waals surface area contributed by atoms with E-state index in [0.717, 1.165) is 44.6 Å². The Morgan fingerprint density at radius 3 is 3.06 bits per heavy atom. The van der Waals surface area contributed by atoms with Gasteiger partial charge in [-0.3, -0.25) is 4.79 Å². The van der Waals surface area contributed by atoms with Crippen LogP contribution in [0.15, 0.2) is 10.9 Å². The third kappa shape index (κ3) is 3.84. The van der Waals surface area contributed by atoms with E-state index >= 15 is 0 Å². The van der Waals surface area contributed by atoms with Crippen molar-refractivity contribution in [3.8, 4) is 0 Å². The van der Waals surface area contributed by atoms with Gasteiger partial charge in [-0.05, 0) is 38.1 Å². The van der Waals surface area contributed by atoms with E-state index in [1.54, 1.807) is 0 Å². The maximum Gasteiger partial charge on any atom is 0.252 e. The summed E-state index contributed by atoms with van der Waals surface area (Å²) < 4.78 is 0. The molecule has 0 amide bonds. The second-order valence-corrected chi connectivity index (χ2v) is 5.20. The molecule has 1 saturated carbocycles. The second kappa shape index (κ2) is 6.00. The van der Waals surface area contributed by atoms with Crippen molar-refractivity contribution in [2.24, 2.45) is 11.7 Å². The number of nitrogens with one attached hydrogen (secondary N) is 2. The van der Waals surface area contributed by atoms with Crippen molar-refractivity contribution >= 4 is 5.82 Å². The van der Waals surface area contributed by atoms with Gasteiger partial charge in [0.2, 0.25) is 0 Å². The van der Waals surface area contributed by atoms with Gasteiger partial charge in [-0.1, -0.05) is 6.92 Å². The summed E-state index contributed by atoms with van der Waals surface area (Å²) in [6.07, 6.45) is 4.43. The molecule has 1 heterocycles. The SMILES string of the molecule is CC(CN)CCCNc1cc(=O)[nH]c(C2CC2)n1. The number of anilines is 1. The van der Waals surface area contributed by atoms with Crippen molar-refractivity contribution in [3.05, 3.63) is 22.2 Å². The van der Waals surface area contributed by atoms with E-state index in [0.29, 0.717) is 17.7 Å². The molecule has 1 aliphatic carbocycles. The minimum atomic E-state index is -0.0651. The lowest BCUT2D eigenvalue weighted by atomic mass is 10.1. The molecule has 1 unspecified atom stereocenters. The molecule has 2 rings (SSSR count). The van der Waals surface area contributed by atoms with Crippen molar-refractivity contribution in [3.63, 3.8) is 0 Å². The summed E-state index contributed by atoms with van der Waals surface area (Å²) in [5.41, 5.74) is 5.50. The summed E-state index contributed by atoms with van der Waals surface area (Å²) in [5, 5.41) is 3.22. The molecule has 1 aromatic heterocycles. The minimum absolute atomic E-state index is 0.0651. The van der Waals surface area contributed by atoms with Gasteiger partial charge >= 0.3 is 0 Å². The molecule has 0 aromatic carbocycles. The van der Waals surface area contributed by atoms with Gasteiger partial charge in [-0.15, -0.1) is 0 Å². The second-order valence-electron chi connectivity index (χ2n) is 5.20. The topological polar surface area (TPSA) is 83.8 Å². The number of hydrogen-bond acceptors (Lipinski definition) is 4. The van der Waals surface area contributed by atoms with Gasteiger partial charge in [0.1, 0.15) is 11.6 Å². The highest BCUT2D eigenvalue weighted by Gasteiger charge is 2.26. The van der Waals surface area contributed by atoms with E-state index in [1.807, 2.05) is 0 Å². The van der Waals surface area contributed by atoms with Gasteiger partial charge < -0.3 is 16.0 Å². The number of hydrogen-bond donors (Lipinski definition) is 3. The number of rotatable bonds is 7. The monoisotopic (exact) mass is 250 g/mol. The smallest absolute Gasteiger partial charge is 0.252 e. The van der Waals surface area contributed by atoms with Crippen LogP contribution in [0.1, 0.15) is 44.3 Å². The molecular formula is C13H22N4O. The lowest BCUT2D eigenvalue weighted by Gasteiger charge is -2.09. The fourth-order valence-electron chi connectivity index (χ4n) is 1.90. The molecule has 1 aromatic rings. The standard InChI is InChI=1S/C13H22N4O/c1-9(8-14)3-2-6-15-11-7-12(18)17-13(16-11)10-4-5-10/h7,9-10H,2-6,8,14H2,1H3,(H2,15,16,17,18). The number of nitrogens with two attached hydrogens (primary N) is 1. The first-order valence-electron chi connectivity index (χ1n) is 6.74. The van der Waals surface area contributed by atoms with Crippen LogP contribution in [0.25, 0.3) is 0 Å². The number of aromatic amines is 1. The first kappa shape index (κ1) is 13.1. The van der Waals surface area contributed by atoms with Crippen molar-refractivity contribution < 1.29 is 0 Å². The first-order valence-corrected chi connectivity index (χ1v) is 6.74. The van der Waals surface area contributed by atoms with Gasteiger partial charge in [0.25, 0.3) is 5.56 Å². The Labute approximate surface area is 107 Å². The number of H-pyrrole nitrogens is 1. The molecule has 1 aliphatic rings. The average molecular weight is 250 g/mol. The molecular weight excluding hydrogens is 228 g/mol. The zero-order chi connectivity index (χ0) is 13.0. The number of nitrogens with zero attached hydrogens (tertiary/aromatic N) is 1. The minimum Gasteiger partial charge on any atom is -0.370 e. The van der Waals surface area contributed by atoms with E-state index in [1.165, 1.54) is 6.07 Å². The van der Waals surface area contributed by atoms with Gasteiger partial charge in [0, 0.05) is 18.5 Å². The van der Waals surface area contributed by atoms with E-state index in [2.05, 4.69) is 22.2 Å². The van der Waals surface area contributed by atoms with Crippen molar-refractivity contribution in [2.75, 3.05) is 18.4 Å². The van der Waals surface area contributed by atoms with Crippen LogP contribution in [0.2, 0.25) is 0 Å². The Morgan fingerprint density at radius 2 is 2.39 bits per heavy atom. The highest BCUT2D eigenvalue weighted by molar-refractivity contribution is 5.33. The predicted molar refractivity (Wildman–Crippen MR) is 72.8 cm³/mol. The van der Waals surface area contributed by atoms with Crippen molar-refractivity contribution in [2.45, 2.75) is 38.5 Å². The predicted octanol–water partition coefficient (Wildman–Crippen LogP) is 1.43. The van der Waals surface area contributed by atoms with Gasteiger partial charge in [-0.2, -0.15) is 0 Å². The van der Waals surface area contributed by atoms with Crippen LogP contribution in [0.4, 0.5) is 5.82 Å². The Balaban J connectivity index is 1.83. The fourth-order valence-corrected chi connectivity index (χ4v) is 1.90. The zero-order valence-electron chi connectivity index (χ0n) is 10.9. The third-order valence-electron chi connectivity index (χ3n) is 3.31. The highest BCUT2D eigenvalue weighted by atomic mass is 16.1. The lowest BCUT2D eigenvalue weighted by molar-refractivity contribution is 0.529. The molecule has 18 heavy (non-hydrogen) atoms. The van der Waals surface area contributed by atoms with E-state index < -0.39 is 0 Å². The molecule has 1 fully saturated rings. The summed E-state index contributed by atoms with van der Waals surface area (Å²) in [7, 11) is 0. The van der Waals surface area contributed by atoms with Crippen LogP contribution < -0.4 is 16.6 Å². The van der Waals surface area contributed by atoms with Crippen LogP contribution in [-0.2, 0) is 0 Å². The van der Waals surface area contributed by atoms with Gasteiger partial charge in [0.05, 0.1) is 0 Å². The molecule has 0 bridgehead atoms. The molecule has 5 heteroatoms. The Hall–Kier alpha value is -1.36. The third-order valence-corrected chi connectivity index (χ3v) is 3.31. The Kier molecular flexibility index (Phi) is 4.36. The Morgan fingerprint density at radius 1 is 1.61 bits per heavy atom. The summed E-state index contributed by atoms with van der Waals surface area (Å²) >= 11 is 0. The number of aromatic nitrogens is 2. The maximum atomic E-state index is 11.5. The largest absolute Gasteiger partial charge is 0.370 e. The van der Waals surface area contributed by atoms with Gasteiger partial charge in [-0.25, -0.2) is 4.98 Å². The van der Waals surface area contributed by atoms with E-state index in [4.69, 9.17) is 5.73 Å². The zero-order valence-corrected chi connectivity index (χ0v) is 10.9. The van der Waals surface area contributed by atoms with Crippen molar-refractivity contribution in [1.29, 1.82) is 0 Å². The Bertz CT molecular complexity index is 439. The molecule has 100 valence electrons. The van der Waals surface area contributed by atoms with E-state index in [-0.39, 0.29) is 5.56 Å². The summed E-state index contributed by atoms with van der Waals surface area (Å²) in [6.45, 7) is 3.72. The molecule has 5 nitrogen and oxygen atoms in total. The molecule has 0 aliphatic heterocycles. The van der Waals surface area contributed by atoms with Crippen LogP contribution in [0.3, 0.4) is 0 Å². The van der Waals surface area contributed by atoms with Crippen LogP contribution in [0.5, 0.6) is 0 Å². The summed E-state index contributed by atoms with van der Waals surface area (Å²) in [4.78, 5) is 18.7. The summed E-state index contributed by atoms with van der Waals surface area (Å²) in [5.74, 6) is 2.55. The maximum absolute atomic E-state index is 11.5. The molecule has 0 saturated heterocycles. The molecule has 0 radical (unpaired) electrons.